The van der Waals surface area contributed by atoms with E-state index in [0.717, 1.165) is 17.5 Å². The van der Waals surface area contributed by atoms with Crippen molar-refractivity contribution in [3.63, 3.8) is 0 Å². The Balaban J connectivity index is 1.55. The van der Waals surface area contributed by atoms with Crippen molar-refractivity contribution < 1.29 is 33.2 Å². The summed E-state index contributed by atoms with van der Waals surface area (Å²) in [4.78, 5) is 15.3. The normalized spacial score (nSPS) is 13.8. The molecule has 0 N–H and O–H groups in total. The number of hydrogen-bond acceptors (Lipinski definition) is 8. The number of ether oxygens (including phenoxy) is 5. The summed E-state index contributed by atoms with van der Waals surface area (Å²) in [7, 11) is 6.27. The first kappa shape index (κ1) is 28.6. The van der Waals surface area contributed by atoms with E-state index in [9.17, 15) is 10.0 Å². The Morgan fingerprint density at radius 1 is 0.923 bits per heavy atom. The number of nitrogens with zero attached hydrogens (tertiary/aromatic N) is 2. The fourth-order valence-corrected chi connectivity index (χ4v) is 5.25. The van der Waals surface area contributed by atoms with E-state index in [-0.39, 0.29) is 23.0 Å². The molecule has 0 fully saturated rings. The number of carbonyl (C=O) groups excluding carboxylic acids is 1. The van der Waals surface area contributed by atoms with E-state index < -0.39 is 12.1 Å². The number of hydrogen-bond donors (Lipinski definition) is 0. The smallest absolute Gasteiger partial charge is 0.320 e. The number of rotatable bonds is 10. The predicted octanol–water partition coefficient (Wildman–Crippen LogP) is 4.55. The molecule has 0 saturated heterocycles. The highest BCUT2D eigenvalue weighted by molar-refractivity contribution is 6.35. The highest BCUT2D eigenvalue weighted by Crippen LogP contribution is 2.36. The molecule has 0 aliphatic carbocycles. The first-order chi connectivity index (χ1) is 18.8. The van der Waals surface area contributed by atoms with Gasteiger partial charge >= 0.3 is 5.97 Å². The van der Waals surface area contributed by atoms with Crippen molar-refractivity contribution in [3.8, 4) is 23.0 Å². The molecular weight excluding hydrogens is 547 g/mol. The largest absolute Gasteiger partial charge is 0.619 e. The van der Waals surface area contributed by atoms with E-state index in [1.807, 2.05) is 17.0 Å². The lowest BCUT2D eigenvalue weighted by Crippen LogP contribution is -2.36. The molecule has 0 saturated carbocycles. The lowest BCUT2D eigenvalue weighted by atomic mass is 9.99. The van der Waals surface area contributed by atoms with Gasteiger partial charge in [0.2, 0.25) is 0 Å². The lowest BCUT2D eigenvalue weighted by molar-refractivity contribution is -0.605. The van der Waals surface area contributed by atoms with Gasteiger partial charge in [-0.3, -0.25) is 9.69 Å². The fourth-order valence-electron chi connectivity index (χ4n) is 4.65. The van der Waals surface area contributed by atoms with Crippen LogP contribution in [0.2, 0.25) is 10.0 Å². The summed E-state index contributed by atoms with van der Waals surface area (Å²) in [5.74, 6) is 1.93. The number of carbonyl (C=O) groups is 1. The van der Waals surface area contributed by atoms with Crippen molar-refractivity contribution in [1.82, 2.24) is 4.90 Å². The van der Waals surface area contributed by atoms with Gasteiger partial charge in [-0.05, 0) is 47.4 Å². The molecule has 11 heteroatoms. The number of fused-ring (bicyclic) bond motifs is 1. The van der Waals surface area contributed by atoms with Crippen molar-refractivity contribution in [2.75, 3.05) is 41.5 Å². The van der Waals surface area contributed by atoms with Gasteiger partial charge in [0.1, 0.15) is 16.1 Å². The third kappa shape index (κ3) is 6.61. The summed E-state index contributed by atoms with van der Waals surface area (Å²) in [6.45, 7) is 1.32. The summed E-state index contributed by atoms with van der Waals surface area (Å²) >= 11 is 12.7. The van der Waals surface area contributed by atoms with E-state index >= 15 is 0 Å². The Bertz CT molecular complexity index is 1330. The monoisotopic (exact) mass is 576 g/mol. The maximum Gasteiger partial charge on any atom is 0.320 e. The quantitative estimate of drug-likeness (QED) is 0.197. The van der Waals surface area contributed by atoms with Crippen molar-refractivity contribution in [1.29, 1.82) is 0 Å². The van der Waals surface area contributed by atoms with Gasteiger partial charge in [0, 0.05) is 25.1 Å². The zero-order chi connectivity index (χ0) is 28.1. The highest BCUT2D eigenvalue weighted by Gasteiger charge is 2.26. The molecule has 2 heterocycles. The Hall–Kier alpha value is -3.40. The average molecular weight is 577 g/mol. The topological polar surface area (TPSA) is 93.4 Å². The summed E-state index contributed by atoms with van der Waals surface area (Å²) in [6, 6.07) is 9.19. The number of aromatic nitrogens is 1. The second-order valence-electron chi connectivity index (χ2n) is 9.03. The van der Waals surface area contributed by atoms with E-state index in [1.54, 1.807) is 39.5 Å². The molecule has 1 atom stereocenters. The Kier molecular flexibility index (Phi) is 9.27. The van der Waals surface area contributed by atoms with Crippen LogP contribution in [0.15, 0.2) is 42.7 Å². The Labute approximate surface area is 237 Å². The summed E-state index contributed by atoms with van der Waals surface area (Å²) in [5.41, 5.74) is 3.38. The Morgan fingerprint density at radius 2 is 1.51 bits per heavy atom. The highest BCUT2D eigenvalue weighted by atomic mass is 35.5. The third-order valence-corrected chi connectivity index (χ3v) is 7.30. The lowest BCUT2D eigenvalue weighted by Gasteiger charge is -2.29. The first-order valence-electron chi connectivity index (χ1n) is 12.2. The van der Waals surface area contributed by atoms with Crippen LogP contribution in [0.1, 0.15) is 28.4 Å². The van der Waals surface area contributed by atoms with Gasteiger partial charge in [-0.25, -0.2) is 0 Å². The molecular formula is C28H30Cl2N2O7. The molecule has 9 nitrogen and oxygen atoms in total. The van der Waals surface area contributed by atoms with Crippen LogP contribution in [0.3, 0.4) is 0 Å². The van der Waals surface area contributed by atoms with Gasteiger partial charge in [0.15, 0.2) is 35.4 Å². The molecule has 0 bridgehead atoms. The van der Waals surface area contributed by atoms with Crippen LogP contribution >= 0.6 is 23.2 Å². The van der Waals surface area contributed by atoms with Crippen molar-refractivity contribution in [3.05, 3.63) is 80.2 Å². The minimum atomic E-state index is -0.753. The van der Waals surface area contributed by atoms with Crippen LogP contribution in [-0.2, 0) is 28.9 Å². The molecule has 3 aromatic rings. The van der Waals surface area contributed by atoms with Gasteiger partial charge in [0.05, 0.1) is 35.0 Å². The van der Waals surface area contributed by atoms with Crippen LogP contribution in [-0.4, -0.2) is 52.4 Å². The SMILES string of the molecule is COc1ccc([C@H](Cc2c(Cl)c[n+]([O-])cc2Cl)OC(=O)CN2CCc3cc(OC)c(OC)cc3C2)cc1OC. The van der Waals surface area contributed by atoms with Crippen molar-refractivity contribution in [2.45, 2.75) is 25.5 Å². The molecule has 0 spiro atoms. The maximum atomic E-state index is 13.2. The van der Waals surface area contributed by atoms with Crippen LogP contribution in [0, 0.1) is 5.21 Å². The number of halogens is 2. The molecule has 39 heavy (non-hydrogen) atoms. The minimum Gasteiger partial charge on any atom is -0.619 e. The Morgan fingerprint density at radius 3 is 2.13 bits per heavy atom. The molecule has 0 unspecified atom stereocenters. The second-order valence-corrected chi connectivity index (χ2v) is 9.84. The third-order valence-electron chi connectivity index (χ3n) is 6.65. The zero-order valence-electron chi connectivity index (χ0n) is 22.2. The van der Waals surface area contributed by atoms with E-state index in [4.69, 9.17) is 46.9 Å². The summed E-state index contributed by atoms with van der Waals surface area (Å²) in [6.07, 6.45) is 2.58. The standard InChI is InChI=1S/C28H30Cl2N2O7/c1-35-23-6-5-18(10-25(23)36-2)24(12-20-21(29)14-32(34)15-22(20)30)39-28(33)16-31-8-7-17-9-26(37-3)27(38-4)11-19(17)13-31/h5-6,9-11,14-15,24H,7-8,12-13,16H2,1-4H3/t24-/m0/s1. The van der Waals surface area contributed by atoms with E-state index in [2.05, 4.69) is 0 Å². The van der Waals surface area contributed by atoms with Gasteiger partial charge in [0.25, 0.3) is 0 Å². The molecule has 208 valence electrons. The van der Waals surface area contributed by atoms with Gasteiger partial charge in [-0.2, -0.15) is 4.73 Å². The molecule has 1 aliphatic rings. The van der Waals surface area contributed by atoms with Crippen molar-refractivity contribution in [2.24, 2.45) is 0 Å². The predicted molar refractivity (Wildman–Crippen MR) is 146 cm³/mol. The van der Waals surface area contributed by atoms with Crippen molar-refractivity contribution >= 4 is 29.2 Å². The van der Waals surface area contributed by atoms with E-state index in [0.29, 0.717) is 51.9 Å². The van der Waals surface area contributed by atoms with Crippen LogP contribution < -0.4 is 23.7 Å². The second kappa shape index (κ2) is 12.6. The van der Waals surface area contributed by atoms with Crippen LogP contribution in [0.25, 0.3) is 0 Å². The molecule has 1 aliphatic heterocycles. The van der Waals surface area contributed by atoms with Gasteiger partial charge in [-0.15, -0.1) is 0 Å². The first-order valence-corrected chi connectivity index (χ1v) is 13.0. The van der Waals surface area contributed by atoms with Gasteiger partial charge < -0.3 is 28.9 Å². The fraction of sp³-hybridized carbons (Fsp3) is 0.357. The van der Waals surface area contributed by atoms with Crippen LogP contribution in [0.5, 0.6) is 23.0 Å². The maximum absolute atomic E-state index is 13.2. The molecule has 0 amide bonds. The molecule has 2 aromatic carbocycles. The van der Waals surface area contributed by atoms with E-state index in [1.165, 1.54) is 19.5 Å². The van der Waals surface area contributed by atoms with Crippen LogP contribution in [0.4, 0.5) is 0 Å². The number of esters is 1. The molecule has 0 radical (unpaired) electrons. The summed E-state index contributed by atoms with van der Waals surface area (Å²) in [5, 5.41) is 12.1. The molecule has 4 rings (SSSR count). The number of methoxy groups -OCH3 is 4. The molecule has 1 aromatic heterocycles. The summed E-state index contributed by atoms with van der Waals surface area (Å²) < 4.78 is 28.2. The zero-order valence-corrected chi connectivity index (χ0v) is 23.7. The minimum absolute atomic E-state index is 0.0778. The number of benzene rings is 2. The average Bonchev–Trinajstić information content (AvgIpc) is 2.92. The number of pyridine rings is 1. The van der Waals surface area contributed by atoms with Gasteiger partial charge in [-0.1, -0.05) is 29.3 Å².